The van der Waals surface area contributed by atoms with Crippen molar-refractivity contribution in [2.45, 2.75) is 69.1 Å². The molecule has 4 atom stereocenters. The number of carboxylic acids is 2. The number of hydrogen-bond acceptors (Lipinski definition) is 9. The van der Waals surface area contributed by atoms with Crippen LogP contribution in [0.25, 0.3) is 0 Å². The van der Waals surface area contributed by atoms with Crippen molar-refractivity contribution in [3.05, 3.63) is 18.2 Å². The average molecular weight is 597 g/mol. The number of guanidine groups is 2. The van der Waals surface area contributed by atoms with Crippen molar-refractivity contribution in [1.29, 1.82) is 0 Å². The third kappa shape index (κ3) is 14.4. The first kappa shape index (κ1) is 35.1. The minimum Gasteiger partial charge on any atom is -0.481 e. The lowest BCUT2D eigenvalue weighted by atomic mass is 10.1. The van der Waals surface area contributed by atoms with Gasteiger partial charge in [0.15, 0.2) is 11.9 Å². The van der Waals surface area contributed by atoms with E-state index in [9.17, 15) is 29.1 Å². The highest BCUT2D eigenvalue weighted by atomic mass is 16.4. The zero-order chi connectivity index (χ0) is 31.7. The van der Waals surface area contributed by atoms with E-state index in [2.05, 4.69) is 35.9 Å². The number of hydrogen-bond donors (Lipinski definition) is 11. The molecule has 19 nitrogen and oxygen atoms in total. The number of nitrogens with one attached hydrogen (secondary N) is 4. The van der Waals surface area contributed by atoms with Crippen LogP contribution in [0.15, 0.2) is 22.5 Å². The Morgan fingerprint density at radius 3 is 1.88 bits per heavy atom. The third-order valence-electron chi connectivity index (χ3n) is 5.76. The molecule has 0 radical (unpaired) electrons. The average Bonchev–Trinajstić information content (AvgIpc) is 3.42. The number of carboxylic acid groups (broad SMARTS) is 2. The second-order valence-electron chi connectivity index (χ2n) is 9.24. The standard InChI is InChI=1S/C23H40N12O7/c24-13(3-1-7-30-22(25)26)18(38)35-16(9-12-10-29-11-32-12)20(40)33-14(5-6-17(36)37)19(39)34-15(21(41)42)4-2-8-31-23(27)28/h10-11,13-16H,1-9,24H2,(H,29,32)(H,33,40)(H,34,39)(H,35,38)(H,36,37)(H,41,42)(H4,25,26,30)(H4,27,28,31). The second-order valence-corrected chi connectivity index (χ2v) is 9.24. The van der Waals surface area contributed by atoms with Gasteiger partial charge in [0.05, 0.1) is 12.4 Å². The van der Waals surface area contributed by atoms with Crippen LogP contribution < -0.4 is 44.6 Å². The van der Waals surface area contributed by atoms with E-state index in [1.54, 1.807) is 0 Å². The number of H-pyrrole nitrogens is 1. The summed E-state index contributed by atoms with van der Waals surface area (Å²) in [5.74, 6) is -5.31. The highest BCUT2D eigenvalue weighted by Crippen LogP contribution is 2.06. The maximum absolute atomic E-state index is 13.3. The fourth-order valence-electron chi connectivity index (χ4n) is 3.60. The van der Waals surface area contributed by atoms with Crippen LogP contribution in [0.2, 0.25) is 0 Å². The van der Waals surface area contributed by atoms with Crippen molar-refractivity contribution >= 4 is 41.6 Å². The molecule has 0 aliphatic carbocycles. The molecule has 1 aromatic heterocycles. The minimum atomic E-state index is -1.44. The molecule has 0 saturated carbocycles. The van der Waals surface area contributed by atoms with E-state index in [0.717, 1.165) is 0 Å². The second kappa shape index (κ2) is 18.4. The quantitative estimate of drug-likeness (QED) is 0.0386. The van der Waals surface area contributed by atoms with Gasteiger partial charge in [-0.25, -0.2) is 9.78 Å². The smallest absolute Gasteiger partial charge is 0.326 e. The lowest BCUT2D eigenvalue weighted by molar-refractivity contribution is -0.143. The van der Waals surface area contributed by atoms with Gasteiger partial charge in [0.2, 0.25) is 17.7 Å². The Labute approximate surface area is 241 Å². The normalized spacial score (nSPS) is 13.5. The number of nitrogens with two attached hydrogens (primary N) is 5. The van der Waals surface area contributed by atoms with Gasteiger partial charge in [-0.15, -0.1) is 0 Å². The van der Waals surface area contributed by atoms with E-state index in [1.165, 1.54) is 12.5 Å². The summed E-state index contributed by atoms with van der Waals surface area (Å²) in [6, 6.07) is -5.08. The van der Waals surface area contributed by atoms with Crippen LogP contribution in [-0.2, 0) is 30.4 Å². The molecule has 19 heteroatoms. The van der Waals surface area contributed by atoms with Crippen LogP contribution in [-0.4, -0.2) is 99.0 Å². The monoisotopic (exact) mass is 596 g/mol. The molecule has 3 amide bonds. The van der Waals surface area contributed by atoms with E-state index in [0.29, 0.717) is 12.1 Å². The Morgan fingerprint density at radius 1 is 0.810 bits per heavy atom. The molecular weight excluding hydrogens is 556 g/mol. The van der Waals surface area contributed by atoms with E-state index >= 15 is 0 Å². The molecule has 1 rings (SSSR count). The molecule has 42 heavy (non-hydrogen) atoms. The third-order valence-corrected chi connectivity index (χ3v) is 5.76. The fourth-order valence-corrected chi connectivity index (χ4v) is 3.60. The molecule has 0 saturated heterocycles. The largest absolute Gasteiger partial charge is 0.481 e. The predicted octanol–water partition coefficient (Wildman–Crippen LogP) is -4.21. The fraction of sp³-hybridized carbons (Fsp3) is 0.565. The predicted molar refractivity (Wildman–Crippen MR) is 150 cm³/mol. The molecule has 0 aromatic carbocycles. The van der Waals surface area contributed by atoms with Crippen molar-refractivity contribution in [2.75, 3.05) is 13.1 Å². The molecule has 1 heterocycles. The first-order chi connectivity index (χ1) is 19.8. The Kier molecular flexibility index (Phi) is 15.4. The van der Waals surface area contributed by atoms with Gasteiger partial charge >= 0.3 is 11.9 Å². The Bertz CT molecular complexity index is 1100. The summed E-state index contributed by atoms with van der Waals surface area (Å²) < 4.78 is 0. The number of rotatable bonds is 20. The summed E-state index contributed by atoms with van der Waals surface area (Å²) in [6.45, 7) is 0.361. The van der Waals surface area contributed by atoms with Gasteiger partial charge in [-0.3, -0.25) is 29.2 Å². The van der Waals surface area contributed by atoms with Crippen LogP contribution in [0.5, 0.6) is 0 Å². The Balaban J connectivity index is 3.02. The van der Waals surface area contributed by atoms with Crippen LogP contribution >= 0.6 is 0 Å². The molecular formula is C23H40N12O7. The summed E-state index contributed by atoms with van der Waals surface area (Å²) in [5, 5.41) is 25.9. The molecule has 0 aliphatic heterocycles. The number of aromatic nitrogens is 2. The zero-order valence-electron chi connectivity index (χ0n) is 23.0. The van der Waals surface area contributed by atoms with Crippen LogP contribution in [0.1, 0.15) is 44.2 Å². The Morgan fingerprint density at radius 2 is 1.36 bits per heavy atom. The van der Waals surface area contributed by atoms with Crippen molar-refractivity contribution in [3.63, 3.8) is 0 Å². The molecule has 4 unspecified atom stereocenters. The topological polar surface area (TPSA) is 345 Å². The van der Waals surface area contributed by atoms with E-state index in [4.69, 9.17) is 33.8 Å². The number of carbonyl (C=O) groups excluding carboxylic acids is 3. The summed E-state index contributed by atoms with van der Waals surface area (Å²) >= 11 is 0. The summed E-state index contributed by atoms with van der Waals surface area (Å²) in [7, 11) is 0. The van der Waals surface area contributed by atoms with Gasteiger partial charge < -0.3 is 59.8 Å². The summed E-state index contributed by atoms with van der Waals surface area (Å²) in [6.07, 6.45) is 2.60. The molecule has 234 valence electrons. The Hall–Kier alpha value is -4.94. The van der Waals surface area contributed by atoms with Crippen LogP contribution in [0.4, 0.5) is 0 Å². The van der Waals surface area contributed by atoms with Crippen molar-refractivity contribution in [2.24, 2.45) is 38.7 Å². The summed E-state index contributed by atoms with van der Waals surface area (Å²) in [4.78, 5) is 76.2. The SMILES string of the molecule is NC(N)=NCCCC(N)C(=O)NC(Cc1cnc[nH]1)C(=O)NC(CCC(=O)O)C(=O)NC(CCCN=C(N)N)C(=O)O. The van der Waals surface area contributed by atoms with E-state index in [1.807, 2.05) is 0 Å². The number of imidazole rings is 1. The number of aliphatic carboxylic acids is 2. The zero-order valence-corrected chi connectivity index (χ0v) is 23.0. The lowest BCUT2D eigenvalue weighted by Crippen LogP contribution is -2.57. The number of nitrogens with zero attached hydrogens (tertiary/aromatic N) is 3. The lowest BCUT2D eigenvalue weighted by Gasteiger charge is -2.25. The van der Waals surface area contributed by atoms with Gasteiger partial charge in [-0.2, -0.15) is 0 Å². The molecule has 0 bridgehead atoms. The van der Waals surface area contributed by atoms with Gasteiger partial charge in [-0.1, -0.05) is 0 Å². The van der Waals surface area contributed by atoms with Crippen LogP contribution in [0, 0.1) is 0 Å². The molecule has 16 N–H and O–H groups in total. The maximum Gasteiger partial charge on any atom is 0.326 e. The maximum atomic E-state index is 13.3. The number of amides is 3. The minimum absolute atomic E-state index is 0.0446. The number of aliphatic imine (C=N–C) groups is 2. The molecule has 1 aromatic rings. The number of aromatic amines is 1. The first-order valence-electron chi connectivity index (χ1n) is 13.0. The van der Waals surface area contributed by atoms with Crippen LogP contribution in [0.3, 0.4) is 0 Å². The highest BCUT2D eigenvalue weighted by Gasteiger charge is 2.31. The van der Waals surface area contributed by atoms with Crippen molar-refractivity contribution < 1.29 is 34.2 Å². The molecule has 0 spiro atoms. The van der Waals surface area contributed by atoms with Crippen molar-refractivity contribution in [1.82, 2.24) is 25.9 Å². The van der Waals surface area contributed by atoms with Gasteiger partial charge in [-0.05, 0) is 32.1 Å². The molecule has 0 aliphatic rings. The van der Waals surface area contributed by atoms with Gasteiger partial charge in [0.25, 0.3) is 0 Å². The van der Waals surface area contributed by atoms with E-state index < -0.39 is 60.2 Å². The van der Waals surface area contributed by atoms with Crippen molar-refractivity contribution in [3.8, 4) is 0 Å². The summed E-state index contributed by atoms with van der Waals surface area (Å²) in [5.41, 5.74) is 27.5. The number of carbonyl (C=O) groups is 5. The molecule has 0 fully saturated rings. The van der Waals surface area contributed by atoms with Gasteiger partial charge in [0, 0.05) is 37.8 Å². The van der Waals surface area contributed by atoms with Gasteiger partial charge in [0.1, 0.15) is 18.1 Å². The van der Waals surface area contributed by atoms with E-state index in [-0.39, 0.29) is 57.1 Å². The highest BCUT2D eigenvalue weighted by molar-refractivity contribution is 5.94. The first-order valence-corrected chi connectivity index (χ1v) is 13.0.